The van der Waals surface area contributed by atoms with E-state index in [0.717, 1.165) is 16.9 Å². The number of hydrogen-bond acceptors (Lipinski definition) is 3. The Labute approximate surface area is 203 Å². The molecule has 2 atom stereocenters. The number of carbonyl (C=O) groups excluding carboxylic acids is 2. The first kappa shape index (κ1) is 23.5. The summed E-state index contributed by atoms with van der Waals surface area (Å²) in [6, 6.07) is 21.1. The van der Waals surface area contributed by atoms with E-state index in [9.17, 15) is 14.4 Å². The first-order chi connectivity index (χ1) is 16.3. The minimum absolute atomic E-state index is 0.0926. The van der Waals surface area contributed by atoms with Crippen molar-refractivity contribution in [3.8, 4) is 0 Å². The van der Waals surface area contributed by atoms with Crippen LogP contribution in [-0.4, -0.2) is 28.9 Å². The Hall–Kier alpha value is -3.64. The fraction of sp³-hybridized carbons (Fsp3) is 0.222. The molecule has 3 aromatic rings. The number of rotatable bonds is 5. The van der Waals surface area contributed by atoms with Gasteiger partial charge >= 0.3 is 5.97 Å². The number of benzene rings is 3. The van der Waals surface area contributed by atoms with Crippen LogP contribution in [0.1, 0.15) is 47.8 Å². The maximum atomic E-state index is 13.5. The van der Waals surface area contributed by atoms with Gasteiger partial charge in [-0.2, -0.15) is 0 Å². The smallest absolute Gasteiger partial charge is 0.307 e. The number of para-hydroxylation sites is 1. The third-order valence-corrected chi connectivity index (χ3v) is 6.34. The number of halogens is 1. The summed E-state index contributed by atoms with van der Waals surface area (Å²) < 4.78 is 0. The van der Waals surface area contributed by atoms with E-state index in [1.165, 1.54) is 6.92 Å². The first-order valence-electron chi connectivity index (χ1n) is 11.0. The second kappa shape index (κ2) is 9.69. The van der Waals surface area contributed by atoms with Gasteiger partial charge in [0.1, 0.15) is 0 Å². The zero-order valence-corrected chi connectivity index (χ0v) is 19.7. The first-order valence-corrected chi connectivity index (χ1v) is 11.4. The second-order valence-electron chi connectivity index (χ2n) is 8.47. The number of aliphatic carboxylic acids is 1. The molecule has 0 saturated heterocycles. The summed E-state index contributed by atoms with van der Waals surface area (Å²) >= 11 is 6.06. The average molecular weight is 477 g/mol. The Bertz CT molecular complexity index is 1220. The number of anilines is 2. The highest BCUT2D eigenvalue weighted by molar-refractivity contribution is 6.30. The number of carboxylic acid groups (broad SMARTS) is 1. The molecule has 3 aromatic carbocycles. The van der Waals surface area contributed by atoms with Crippen molar-refractivity contribution in [2.24, 2.45) is 0 Å². The minimum Gasteiger partial charge on any atom is -0.481 e. The quantitative estimate of drug-likeness (QED) is 0.527. The maximum absolute atomic E-state index is 13.5. The van der Waals surface area contributed by atoms with Crippen LogP contribution in [0.25, 0.3) is 0 Å². The van der Waals surface area contributed by atoms with Crippen LogP contribution < -0.4 is 9.80 Å². The van der Waals surface area contributed by atoms with E-state index < -0.39 is 5.97 Å². The van der Waals surface area contributed by atoms with E-state index in [4.69, 9.17) is 16.7 Å². The van der Waals surface area contributed by atoms with E-state index in [1.807, 2.05) is 43.3 Å². The van der Waals surface area contributed by atoms with Crippen molar-refractivity contribution in [3.63, 3.8) is 0 Å². The highest BCUT2D eigenvalue weighted by Crippen LogP contribution is 2.42. The van der Waals surface area contributed by atoms with E-state index in [-0.39, 0.29) is 30.3 Å². The number of amides is 2. The molecule has 0 aromatic heterocycles. The molecule has 0 fully saturated rings. The van der Waals surface area contributed by atoms with Crippen LogP contribution in [0, 0.1) is 0 Å². The standard InChI is InChI=1S/C27H25ClN2O4/c1-17-15-25(30(18(2)31)22-13-11-21(28)12-14-22)23-5-3-4-6-24(23)29(17)27(34)20-9-7-19(8-10-20)16-26(32)33/h3-14,17,25H,15-16H2,1-2H3,(H,32,33)/t17-,25+/m0/s1. The van der Waals surface area contributed by atoms with Crippen molar-refractivity contribution >= 4 is 40.8 Å². The molecule has 0 radical (unpaired) electrons. The van der Waals surface area contributed by atoms with E-state index >= 15 is 0 Å². The maximum Gasteiger partial charge on any atom is 0.307 e. The topological polar surface area (TPSA) is 77.9 Å². The molecule has 7 heteroatoms. The summed E-state index contributed by atoms with van der Waals surface area (Å²) in [5, 5.41) is 9.58. The molecular weight excluding hydrogens is 452 g/mol. The van der Waals surface area contributed by atoms with Crippen LogP contribution in [0.2, 0.25) is 5.02 Å². The molecule has 174 valence electrons. The van der Waals surface area contributed by atoms with Gasteiger partial charge in [-0.3, -0.25) is 14.4 Å². The van der Waals surface area contributed by atoms with Gasteiger partial charge in [-0.1, -0.05) is 41.9 Å². The molecule has 0 spiro atoms. The molecule has 4 rings (SSSR count). The largest absolute Gasteiger partial charge is 0.481 e. The SMILES string of the molecule is CC(=O)N(c1ccc(Cl)cc1)[C@@H]1C[C@H](C)N(C(=O)c2ccc(CC(=O)O)cc2)c2ccccc21. The lowest BCUT2D eigenvalue weighted by Gasteiger charge is -2.43. The molecule has 1 aliphatic heterocycles. The van der Waals surface area contributed by atoms with Gasteiger partial charge < -0.3 is 14.9 Å². The molecule has 0 saturated carbocycles. The average Bonchev–Trinajstić information content (AvgIpc) is 2.80. The van der Waals surface area contributed by atoms with E-state index in [1.54, 1.807) is 46.2 Å². The summed E-state index contributed by atoms with van der Waals surface area (Å²) in [5.74, 6) is -1.18. The lowest BCUT2D eigenvalue weighted by Crippen LogP contribution is -2.47. The summed E-state index contributed by atoms with van der Waals surface area (Å²) in [5.41, 5.74) is 3.51. The molecular formula is C27H25ClN2O4. The van der Waals surface area contributed by atoms with Crippen LogP contribution >= 0.6 is 11.6 Å². The predicted molar refractivity (Wildman–Crippen MR) is 132 cm³/mol. The predicted octanol–water partition coefficient (Wildman–Crippen LogP) is 5.50. The highest BCUT2D eigenvalue weighted by atomic mass is 35.5. The molecule has 0 unspecified atom stereocenters. The Kier molecular flexibility index (Phi) is 6.70. The molecule has 1 aliphatic rings. The van der Waals surface area contributed by atoms with Gasteiger partial charge in [-0.15, -0.1) is 0 Å². The van der Waals surface area contributed by atoms with Gasteiger partial charge in [-0.25, -0.2) is 0 Å². The highest BCUT2D eigenvalue weighted by Gasteiger charge is 2.38. The van der Waals surface area contributed by atoms with Gasteiger partial charge in [-0.05, 0) is 66.9 Å². The molecule has 0 aliphatic carbocycles. The zero-order valence-electron chi connectivity index (χ0n) is 18.9. The van der Waals surface area contributed by atoms with Crippen molar-refractivity contribution in [1.82, 2.24) is 0 Å². The summed E-state index contributed by atoms with van der Waals surface area (Å²) in [7, 11) is 0. The Morgan fingerprint density at radius 2 is 1.65 bits per heavy atom. The van der Waals surface area contributed by atoms with E-state index in [2.05, 4.69) is 0 Å². The van der Waals surface area contributed by atoms with Crippen molar-refractivity contribution in [1.29, 1.82) is 0 Å². The fourth-order valence-corrected chi connectivity index (χ4v) is 4.72. The van der Waals surface area contributed by atoms with Crippen LogP contribution in [0.15, 0.2) is 72.8 Å². The van der Waals surface area contributed by atoms with Crippen molar-refractivity contribution in [2.75, 3.05) is 9.80 Å². The molecule has 0 bridgehead atoms. The monoisotopic (exact) mass is 476 g/mol. The van der Waals surface area contributed by atoms with Gasteiger partial charge in [0.15, 0.2) is 0 Å². The number of carbonyl (C=O) groups is 3. The Morgan fingerprint density at radius 3 is 2.26 bits per heavy atom. The van der Waals surface area contributed by atoms with Crippen molar-refractivity contribution in [3.05, 3.63) is 94.5 Å². The van der Waals surface area contributed by atoms with Gasteiger partial charge in [0.05, 0.1) is 12.5 Å². The normalized spacial score (nSPS) is 17.1. The lowest BCUT2D eigenvalue weighted by atomic mass is 9.89. The summed E-state index contributed by atoms with van der Waals surface area (Å²) in [6.07, 6.45) is 0.465. The molecule has 34 heavy (non-hydrogen) atoms. The molecule has 1 heterocycles. The lowest BCUT2D eigenvalue weighted by molar-refractivity contribution is -0.136. The van der Waals surface area contributed by atoms with Crippen molar-refractivity contribution in [2.45, 2.75) is 38.8 Å². The van der Waals surface area contributed by atoms with Gasteiger partial charge in [0.25, 0.3) is 5.91 Å². The third-order valence-electron chi connectivity index (χ3n) is 6.09. The molecule has 2 amide bonds. The number of carboxylic acids is 1. The van der Waals surface area contributed by atoms with Gasteiger partial charge in [0, 0.05) is 34.9 Å². The minimum atomic E-state index is -0.917. The Morgan fingerprint density at radius 1 is 1.00 bits per heavy atom. The number of nitrogens with zero attached hydrogens (tertiary/aromatic N) is 2. The van der Waals surface area contributed by atoms with Gasteiger partial charge in [0.2, 0.25) is 5.91 Å². The third kappa shape index (κ3) is 4.68. The summed E-state index contributed by atoms with van der Waals surface area (Å²) in [6.45, 7) is 3.51. The fourth-order valence-electron chi connectivity index (χ4n) is 4.60. The van der Waals surface area contributed by atoms with Crippen LogP contribution in [-0.2, 0) is 16.0 Å². The second-order valence-corrected chi connectivity index (χ2v) is 8.90. The molecule has 6 nitrogen and oxygen atoms in total. The number of fused-ring (bicyclic) bond motifs is 1. The van der Waals surface area contributed by atoms with Crippen molar-refractivity contribution < 1.29 is 19.5 Å². The zero-order chi connectivity index (χ0) is 24.4. The number of hydrogen-bond donors (Lipinski definition) is 1. The van der Waals surface area contributed by atoms with Crippen LogP contribution in [0.4, 0.5) is 11.4 Å². The molecule has 1 N–H and O–H groups in total. The van der Waals surface area contributed by atoms with E-state index in [0.29, 0.717) is 22.6 Å². The van der Waals surface area contributed by atoms with Crippen LogP contribution in [0.3, 0.4) is 0 Å². The van der Waals surface area contributed by atoms with Crippen LogP contribution in [0.5, 0.6) is 0 Å². The summed E-state index contributed by atoms with van der Waals surface area (Å²) in [4.78, 5) is 40.8. The Balaban J connectivity index is 1.71.